The summed E-state index contributed by atoms with van der Waals surface area (Å²) < 4.78 is 0. The molecular weight excluding hydrogens is 361 g/mol. The zero-order valence-corrected chi connectivity index (χ0v) is 13.5. The summed E-state index contributed by atoms with van der Waals surface area (Å²) in [5.74, 6) is -5.91. The molecule has 11 N–H and O–H groups in total. The predicted octanol–water partition coefficient (Wildman–Crippen LogP) is -0.517. The van der Waals surface area contributed by atoms with Crippen molar-refractivity contribution in [3.63, 3.8) is 0 Å². The summed E-state index contributed by atoms with van der Waals surface area (Å²) in [4.78, 5) is 43.8. The number of carboxylic acids is 4. The molecule has 1 unspecified atom stereocenters. The first-order valence-electron chi connectivity index (χ1n) is 5.91. The van der Waals surface area contributed by atoms with E-state index in [-0.39, 0.29) is 19.1 Å². The van der Waals surface area contributed by atoms with E-state index in [4.69, 9.17) is 31.9 Å². The zero-order chi connectivity index (χ0) is 17.6. The van der Waals surface area contributed by atoms with Gasteiger partial charge in [0, 0.05) is 0 Å². The Morgan fingerprint density at radius 1 is 0.783 bits per heavy atom. The Kier molecular flexibility index (Phi) is 8.99. The second-order valence-electron chi connectivity index (χ2n) is 4.65. The van der Waals surface area contributed by atoms with E-state index in [0.29, 0.717) is 0 Å². The van der Waals surface area contributed by atoms with Crippen molar-refractivity contribution in [2.24, 2.45) is 11.5 Å². The Bertz CT molecular complexity index is 408. The van der Waals surface area contributed by atoms with Crippen LogP contribution in [0.4, 0.5) is 0 Å². The van der Waals surface area contributed by atoms with E-state index in [2.05, 4.69) is 0 Å². The summed E-state index contributed by atoms with van der Waals surface area (Å²) in [6.07, 6.45) is -0.0572. The molecule has 0 spiro atoms. The quantitative estimate of drug-likeness (QED) is 0.239. The second-order valence-corrected chi connectivity index (χ2v) is 11.7. The molecule has 0 aromatic heterocycles. The van der Waals surface area contributed by atoms with Crippen molar-refractivity contribution in [1.29, 1.82) is 0 Å². The van der Waals surface area contributed by atoms with Gasteiger partial charge in [-0.15, -0.1) is 0 Å². The molecule has 1 atom stereocenters. The standard InChI is InChI=1S/C3H9N2.4C2H3O2.Co.H3N/c4-2-1-3-5;4*1-2(3)4;;/h2H,1,3-5H2;4*1H2,(H,3,4);;1H3. The van der Waals surface area contributed by atoms with E-state index in [0.717, 1.165) is 0 Å². The van der Waals surface area contributed by atoms with Crippen molar-refractivity contribution in [2.75, 3.05) is 6.54 Å². The van der Waals surface area contributed by atoms with E-state index in [9.17, 15) is 19.2 Å². The van der Waals surface area contributed by atoms with Crippen molar-refractivity contribution in [1.82, 2.24) is 6.15 Å². The Hall–Kier alpha value is -1.73. The monoisotopic (exact) mass is 385 g/mol. The molecule has 0 saturated heterocycles. The second kappa shape index (κ2) is 8.78. The van der Waals surface area contributed by atoms with Crippen LogP contribution >= 0.6 is 0 Å². The SMILES string of the molecule is N.NCC[CH](N)[Co]([CH2]C(=O)O)([CH2]C(=O)O)([CH2]C(=O)O)[CH2]C(=O)O. The van der Waals surface area contributed by atoms with Gasteiger partial charge < -0.3 is 6.15 Å². The van der Waals surface area contributed by atoms with Crippen LogP contribution in [0.25, 0.3) is 0 Å². The summed E-state index contributed by atoms with van der Waals surface area (Å²) in [6.45, 7) is -0.0445. The van der Waals surface area contributed by atoms with Crippen LogP contribution in [0.15, 0.2) is 0 Å². The number of hydrogen-bond acceptors (Lipinski definition) is 7. The molecule has 11 nitrogen and oxygen atoms in total. The normalized spacial score (nSPS) is 13.9. The topological polar surface area (TPSA) is 236 Å². The van der Waals surface area contributed by atoms with E-state index >= 15 is 0 Å². The maximum atomic E-state index is 11.2. The number of hydrogen-bond donors (Lipinski definition) is 7. The van der Waals surface area contributed by atoms with E-state index in [1.54, 1.807) is 0 Å². The molecule has 0 aromatic carbocycles. The number of aliphatic carboxylic acids is 4. The fraction of sp³-hybridized carbons (Fsp3) is 0.636. The van der Waals surface area contributed by atoms with E-state index in [1.165, 1.54) is 0 Å². The van der Waals surface area contributed by atoms with Crippen LogP contribution in [0.3, 0.4) is 0 Å². The molecule has 0 amide bonds. The van der Waals surface area contributed by atoms with Gasteiger partial charge in [0.25, 0.3) is 0 Å². The summed E-state index contributed by atoms with van der Waals surface area (Å²) >= 11 is -4.40. The van der Waals surface area contributed by atoms with Gasteiger partial charge in [-0.05, 0) is 0 Å². The number of nitrogens with two attached hydrogens (primary N) is 2. The predicted molar refractivity (Wildman–Crippen MR) is 76.4 cm³/mol. The van der Waals surface area contributed by atoms with Gasteiger partial charge in [-0.1, -0.05) is 0 Å². The Morgan fingerprint density at radius 3 is 1.22 bits per heavy atom. The van der Waals surface area contributed by atoms with Crippen LogP contribution < -0.4 is 17.6 Å². The van der Waals surface area contributed by atoms with E-state index < -0.39 is 61.8 Å². The molecule has 0 aromatic rings. The fourth-order valence-corrected chi connectivity index (χ4v) is 8.41. The first kappa shape index (κ1) is 23.5. The third kappa shape index (κ3) is 6.11. The molecule has 12 heteroatoms. The number of carboxylic acid groups (broad SMARTS) is 4. The molecule has 0 aliphatic rings. The van der Waals surface area contributed by atoms with Crippen LogP contribution in [0.5, 0.6) is 0 Å². The Morgan fingerprint density at radius 2 is 1.04 bits per heavy atom. The number of carbonyl (C=O) groups is 4. The Labute approximate surface area is 132 Å². The van der Waals surface area contributed by atoms with Crippen LogP contribution in [-0.4, -0.2) is 55.8 Å². The number of rotatable bonds is 11. The van der Waals surface area contributed by atoms with Crippen molar-refractivity contribution in [2.45, 2.75) is 32.8 Å². The molecule has 0 rings (SSSR count). The summed E-state index contributed by atoms with van der Waals surface area (Å²) in [6, 6.07) is 0. The molecule has 0 fully saturated rings. The van der Waals surface area contributed by atoms with Gasteiger partial charge in [0.15, 0.2) is 0 Å². The van der Waals surface area contributed by atoms with Gasteiger partial charge in [0.1, 0.15) is 0 Å². The summed E-state index contributed by atoms with van der Waals surface area (Å²) in [7, 11) is 0. The maximum absolute atomic E-state index is 11.2. The zero-order valence-electron chi connectivity index (χ0n) is 12.4. The van der Waals surface area contributed by atoms with Gasteiger partial charge in [-0.3, -0.25) is 0 Å². The van der Waals surface area contributed by atoms with Gasteiger partial charge in [0.2, 0.25) is 0 Å². The average molecular weight is 385 g/mol. The van der Waals surface area contributed by atoms with Crippen LogP contribution in [0.2, 0.25) is 21.4 Å². The third-order valence-corrected chi connectivity index (χ3v) is 10.5. The molecular formula is C11H24CoN3O8. The summed E-state index contributed by atoms with van der Waals surface area (Å²) in [5, 5.41) is 33.0. The van der Waals surface area contributed by atoms with Crippen LogP contribution in [0.1, 0.15) is 6.42 Å². The molecule has 0 aliphatic carbocycles. The molecule has 0 aliphatic heterocycles. The molecule has 0 saturated carbocycles. The van der Waals surface area contributed by atoms with Gasteiger partial charge in [-0.25, -0.2) is 0 Å². The van der Waals surface area contributed by atoms with Crippen molar-refractivity contribution < 1.29 is 51.2 Å². The fourth-order valence-electron chi connectivity index (χ4n) is 2.11. The molecule has 140 valence electrons. The minimum atomic E-state index is -4.40. The van der Waals surface area contributed by atoms with Crippen molar-refractivity contribution in [3.05, 3.63) is 0 Å². The van der Waals surface area contributed by atoms with Crippen molar-refractivity contribution in [3.8, 4) is 0 Å². The molecule has 0 bridgehead atoms. The molecule has 0 radical (unpaired) electrons. The Balaban J connectivity index is 0. The molecule has 0 heterocycles. The minimum absolute atomic E-state index is 0. The van der Waals surface area contributed by atoms with Crippen LogP contribution in [-0.2, 0) is 30.8 Å². The summed E-state index contributed by atoms with van der Waals surface area (Å²) in [5.41, 5.74) is 11.3. The van der Waals surface area contributed by atoms with E-state index in [1.807, 2.05) is 0 Å². The van der Waals surface area contributed by atoms with Gasteiger partial charge in [0.05, 0.1) is 0 Å². The van der Waals surface area contributed by atoms with Gasteiger partial charge >= 0.3 is 126 Å². The van der Waals surface area contributed by atoms with Crippen LogP contribution in [0, 0.1) is 0 Å². The third-order valence-electron chi connectivity index (χ3n) is 2.80. The first-order valence-corrected chi connectivity index (χ1v) is 9.46. The van der Waals surface area contributed by atoms with Crippen molar-refractivity contribution >= 4 is 23.9 Å². The average Bonchev–Trinajstić information content (AvgIpc) is 2.24. The molecule has 23 heavy (non-hydrogen) atoms. The first-order chi connectivity index (χ1) is 9.97. The van der Waals surface area contributed by atoms with Gasteiger partial charge in [-0.2, -0.15) is 0 Å².